The molecule has 1 amide bonds. The first kappa shape index (κ1) is 26.3. The number of halogens is 1. The molecule has 11 heteroatoms. The van der Waals surface area contributed by atoms with E-state index in [2.05, 4.69) is 26.3 Å². The van der Waals surface area contributed by atoms with Crippen LogP contribution in [0.2, 0.25) is 5.02 Å². The van der Waals surface area contributed by atoms with E-state index in [0.29, 0.717) is 57.0 Å². The van der Waals surface area contributed by atoms with Crippen LogP contribution in [0, 0.1) is 11.3 Å². The number of hydrogen-bond acceptors (Lipinski definition) is 9. The van der Waals surface area contributed by atoms with E-state index < -0.39 is 0 Å². The average molecular weight is 525 g/mol. The summed E-state index contributed by atoms with van der Waals surface area (Å²) in [5.74, 6) is 1.96. The zero-order chi connectivity index (χ0) is 26.4. The molecule has 1 aliphatic heterocycles. The molecule has 4 rings (SSSR count). The Balaban J connectivity index is 1.50. The van der Waals surface area contributed by atoms with Gasteiger partial charge in [0.2, 0.25) is 11.8 Å². The van der Waals surface area contributed by atoms with Gasteiger partial charge < -0.3 is 24.4 Å². The maximum Gasteiger partial charge on any atom is 0.219 e. The summed E-state index contributed by atoms with van der Waals surface area (Å²) in [5, 5.41) is 13.9. The third-order valence-corrected chi connectivity index (χ3v) is 6.55. The van der Waals surface area contributed by atoms with Gasteiger partial charge in [-0.05, 0) is 18.6 Å². The minimum Gasteiger partial charge on any atom is -0.493 e. The average Bonchev–Trinajstić information content (AvgIpc) is 2.92. The number of fused-ring (bicyclic) bond motifs is 1. The summed E-state index contributed by atoms with van der Waals surface area (Å²) in [6.07, 6.45) is 2.32. The number of piperazine rings is 1. The molecule has 0 unspecified atom stereocenters. The summed E-state index contributed by atoms with van der Waals surface area (Å²) in [5.41, 5.74) is 1.45. The van der Waals surface area contributed by atoms with E-state index in [1.54, 1.807) is 38.3 Å². The van der Waals surface area contributed by atoms with Crippen LogP contribution in [0.5, 0.6) is 17.4 Å². The van der Waals surface area contributed by atoms with E-state index in [-0.39, 0.29) is 5.91 Å². The molecule has 3 aromatic rings. The fraction of sp³-hybridized carbons (Fsp3) is 0.385. The number of methoxy groups -OCH3 is 2. The molecule has 0 radical (unpaired) electrons. The molecular weight excluding hydrogens is 496 g/mol. The van der Waals surface area contributed by atoms with Gasteiger partial charge in [0.1, 0.15) is 6.07 Å². The van der Waals surface area contributed by atoms with Gasteiger partial charge in [0, 0.05) is 63.4 Å². The third kappa shape index (κ3) is 6.13. The lowest BCUT2D eigenvalue weighted by Crippen LogP contribution is -2.48. The molecule has 0 atom stereocenters. The Morgan fingerprint density at radius 3 is 2.62 bits per heavy atom. The molecule has 1 aromatic carbocycles. The van der Waals surface area contributed by atoms with E-state index in [0.717, 1.165) is 39.1 Å². The molecule has 3 heterocycles. The molecule has 1 fully saturated rings. The molecule has 0 bridgehead atoms. The van der Waals surface area contributed by atoms with Crippen LogP contribution in [0.1, 0.15) is 18.9 Å². The van der Waals surface area contributed by atoms with Crippen LogP contribution in [0.3, 0.4) is 0 Å². The van der Waals surface area contributed by atoms with Gasteiger partial charge in [0.25, 0.3) is 0 Å². The molecule has 194 valence electrons. The number of nitriles is 1. The Bertz CT molecular complexity index is 1320. The van der Waals surface area contributed by atoms with Gasteiger partial charge in [-0.2, -0.15) is 10.2 Å². The van der Waals surface area contributed by atoms with Crippen molar-refractivity contribution in [3.63, 3.8) is 0 Å². The number of pyridine rings is 2. The molecule has 1 saturated heterocycles. The number of aromatic nitrogens is 2. The maximum absolute atomic E-state index is 11.5. The molecule has 0 aliphatic carbocycles. The van der Waals surface area contributed by atoms with Gasteiger partial charge in [-0.3, -0.25) is 14.7 Å². The Morgan fingerprint density at radius 2 is 1.95 bits per heavy atom. The molecule has 10 nitrogen and oxygen atoms in total. The van der Waals surface area contributed by atoms with Crippen molar-refractivity contribution in [2.45, 2.75) is 13.3 Å². The Labute approximate surface area is 220 Å². The Morgan fingerprint density at radius 1 is 1.16 bits per heavy atom. The van der Waals surface area contributed by atoms with Crippen LogP contribution >= 0.6 is 11.6 Å². The third-order valence-electron chi connectivity index (χ3n) is 6.24. The van der Waals surface area contributed by atoms with Crippen molar-refractivity contribution in [1.82, 2.24) is 19.8 Å². The SMILES string of the molecule is COc1ccc(Cl)c(Nc2c(C#N)cnc3cc(OCCCN4CCN(C(C)=O)CC4)c(OC)cc23)n1. The highest BCUT2D eigenvalue weighted by Crippen LogP contribution is 2.38. The van der Waals surface area contributed by atoms with Crippen molar-refractivity contribution in [3.8, 4) is 23.4 Å². The number of ether oxygens (including phenoxy) is 3. The normalized spacial score (nSPS) is 13.8. The second-order valence-corrected chi connectivity index (χ2v) is 8.94. The summed E-state index contributed by atoms with van der Waals surface area (Å²) < 4.78 is 16.9. The Kier molecular flexibility index (Phi) is 8.48. The van der Waals surface area contributed by atoms with Gasteiger partial charge in [0.15, 0.2) is 17.3 Å². The van der Waals surface area contributed by atoms with Gasteiger partial charge in [-0.25, -0.2) is 0 Å². The summed E-state index contributed by atoms with van der Waals surface area (Å²) in [6, 6.07) is 9.07. The molecule has 2 aromatic heterocycles. The number of rotatable bonds is 9. The molecule has 1 aliphatic rings. The zero-order valence-corrected chi connectivity index (χ0v) is 21.8. The van der Waals surface area contributed by atoms with Gasteiger partial charge in [-0.15, -0.1) is 0 Å². The maximum atomic E-state index is 11.5. The van der Waals surface area contributed by atoms with Crippen molar-refractivity contribution in [3.05, 3.63) is 41.0 Å². The highest BCUT2D eigenvalue weighted by Gasteiger charge is 2.19. The van der Waals surface area contributed by atoms with Crippen LogP contribution in [0.25, 0.3) is 10.9 Å². The zero-order valence-electron chi connectivity index (χ0n) is 21.1. The van der Waals surface area contributed by atoms with Crippen molar-refractivity contribution in [2.24, 2.45) is 0 Å². The quantitative estimate of drug-likeness (QED) is 0.417. The number of amides is 1. The number of carbonyl (C=O) groups excluding carboxylic acids is 1. The van der Waals surface area contributed by atoms with Gasteiger partial charge in [0.05, 0.1) is 42.6 Å². The number of hydrogen-bond donors (Lipinski definition) is 1. The number of carbonyl (C=O) groups is 1. The van der Waals surface area contributed by atoms with Crippen molar-refractivity contribution in [2.75, 3.05) is 58.9 Å². The van der Waals surface area contributed by atoms with E-state index in [9.17, 15) is 10.1 Å². The number of benzene rings is 1. The summed E-state index contributed by atoms with van der Waals surface area (Å²) in [7, 11) is 3.08. The predicted octanol–water partition coefficient (Wildman–Crippen LogP) is 3.85. The van der Waals surface area contributed by atoms with E-state index in [4.69, 9.17) is 25.8 Å². The highest BCUT2D eigenvalue weighted by atomic mass is 35.5. The van der Waals surface area contributed by atoms with Crippen LogP contribution < -0.4 is 19.5 Å². The van der Waals surface area contributed by atoms with E-state index in [1.807, 2.05) is 4.90 Å². The summed E-state index contributed by atoms with van der Waals surface area (Å²) in [6.45, 7) is 6.25. The molecule has 0 saturated carbocycles. The van der Waals surface area contributed by atoms with Crippen LogP contribution in [-0.4, -0.2) is 79.2 Å². The van der Waals surface area contributed by atoms with Crippen molar-refractivity contribution in [1.29, 1.82) is 5.26 Å². The minimum absolute atomic E-state index is 0.128. The lowest BCUT2D eigenvalue weighted by Gasteiger charge is -2.34. The molecule has 1 N–H and O–H groups in total. The van der Waals surface area contributed by atoms with Crippen molar-refractivity contribution < 1.29 is 19.0 Å². The number of anilines is 2. The van der Waals surface area contributed by atoms with Crippen molar-refractivity contribution >= 4 is 39.9 Å². The van der Waals surface area contributed by atoms with E-state index in [1.165, 1.54) is 13.3 Å². The molecule has 0 spiro atoms. The second-order valence-electron chi connectivity index (χ2n) is 8.54. The molecular formula is C26H29ClN6O4. The summed E-state index contributed by atoms with van der Waals surface area (Å²) >= 11 is 6.34. The first-order chi connectivity index (χ1) is 17.9. The predicted molar refractivity (Wildman–Crippen MR) is 141 cm³/mol. The minimum atomic E-state index is 0.128. The highest BCUT2D eigenvalue weighted by molar-refractivity contribution is 6.33. The van der Waals surface area contributed by atoms with Crippen LogP contribution in [0.4, 0.5) is 11.5 Å². The van der Waals surface area contributed by atoms with Crippen LogP contribution in [0.15, 0.2) is 30.5 Å². The summed E-state index contributed by atoms with van der Waals surface area (Å²) in [4.78, 5) is 24.5. The lowest BCUT2D eigenvalue weighted by atomic mass is 10.1. The smallest absolute Gasteiger partial charge is 0.219 e. The topological polar surface area (TPSA) is 113 Å². The standard InChI is InChI=1S/C26H29ClN6O4/c1-17(34)33-10-8-32(9-11-33)7-4-12-37-23-14-21-19(13-22(23)35-2)25(18(15-28)16-29-21)31-26-20(27)5-6-24(30-26)36-3/h5-6,13-14,16H,4,7-12H2,1-3H3,(H,29,30,31). The largest absolute Gasteiger partial charge is 0.493 e. The fourth-order valence-corrected chi connectivity index (χ4v) is 4.34. The molecule has 37 heavy (non-hydrogen) atoms. The first-order valence-electron chi connectivity index (χ1n) is 11.9. The Hall–Kier alpha value is -3.81. The second kappa shape index (κ2) is 12.0. The van der Waals surface area contributed by atoms with Crippen LogP contribution in [-0.2, 0) is 4.79 Å². The lowest BCUT2D eigenvalue weighted by molar-refractivity contribution is -0.130. The monoisotopic (exact) mass is 524 g/mol. The number of nitrogens with one attached hydrogen (secondary N) is 1. The first-order valence-corrected chi connectivity index (χ1v) is 12.3. The fourth-order valence-electron chi connectivity index (χ4n) is 4.19. The van der Waals surface area contributed by atoms with Gasteiger partial charge in [-0.1, -0.05) is 11.6 Å². The van der Waals surface area contributed by atoms with Gasteiger partial charge >= 0.3 is 0 Å². The number of nitrogens with zero attached hydrogens (tertiary/aromatic N) is 5. The van der Waals surface area contributed by atoms with E-state index >= 15 is 0 Å².